The van der Waals surface area contributed by atoms with Gasteiger partial charge in [0.15, 0.2) is 11.6 Å². The van der Waals surface area contributed by atoms with E-state index in [2.05, 4.69) is 5.10 Å². The van der Waals surface area contributed by atoms with Gasteiger partial charge in [-0.2, -0.15) is 9.82 Å². The Kier molecular flexibility index (Phi) is 4.66. The zero-order chi connectivity index (χ0) is 17.2. The van der Waals surface area contributed by atoms with Crippen molar-refractivity contribution in [2.75, 3.05) is 7.11 Å². The summed E-state index contributed by atoms with van der Waals surface area (Å²) in [7, 11) is -1.35. The number of methoxy groups -OCH3 is 1. The van der Waals surface area contributed by atoms with E-state index in [4.69, 9.17) is 4.74 Å². The largest absolute Gasteiger partial charge is 0.494 e. The van der Waals surface area contributed by atoms with E-state index in [0.717, 1.165) is 12.3 Å². The van der Waals surface area contributed by atoms with Gasteiger partial charge in [0, 0.05) is 13.2 Å². The monoisotopic (exact) mass is 343 g/mol. The molecule has 1 aromatic carbocycles. The molecule has 1 heterocycles. The van der Waals surface area contributed by atoms with Gasteiger partial charge in [-0.15, -0.1) is 0 Å². The van der Waals surface area contributed by atoms with Gasteiger partial charge < -0.3 is 9.84 Å². The Morgan fingerprint density at radius 1 is 1.48 bits per heavy atom. The third kappa shape index (κ3) is 3.66. The highest BCUT2D eigenvalue weighted by atomic mass is 32.2. The predicted octanol–water partition coefficient (Wildman–Crippen LogP) is 0.672. The number of nitrogens with zero attached hydrogens (tertiary/aromatic N) is 2. The molecule has 23 heavy (non-hydrogen) atoms. The average molecular weight is 343 g/mol. The molecule has 0 amide bonds. The number of halogens is 1. The van der Waals surface area contributed by atoms with E-state index >= 15 is 0 Å². The highest BCUT2D eigenvalue weighted by Crippen LogP contribution is 2.23. The maximum Gasteiger partial charge on any atom is 0.326 e. The summed E-state index contributed by atoms with van der Waals surface area (Å²) in [5.41, 5.74) is -0.0664. The van der Waals surface area contributed by atoms with Gasteiger partial charge in [0.2, 0.25) is 10.0 Å². The van der Waals surface area contributed by atoms with Crippen LogP contribution in [0.2, 0.25) is 0 Å². The van der Waals surface area contributed by atoms with Crippen molar-refractivity contribution in [3.8, 4) is 5.75 Å². The molecule has 0 aliphatic rings. The molecule has 10 heteroatoms. The van der Waals surface area contributed by atoms with Crippen molar-refractivity contribution in [3.63, 3.8) is 0 Å². The van der Waals surface area contributed by atoms with Crippen molar-refractivity contribution < 1.29 is 27.4 Å². The minimum atomic E-state index is -4.13. The van der Waals surface area contributed by atoms with Crippen LogP contribution in [0.25, 0.3) is 0 Å². The van der Waals surface area contributed by atoms with Crippen molar-refractivity contribution in [1.82, 2.24) is 14.5 Å². The summed E-state index contributed by atoms with van der Waals surface area (Å²) in [6, 6.07) is 1.75. The standard InChI is InChI=1S/C13H14FN3O5S/c1-17-7-9(6-15-17)23(20,21)16-12(13(18)19)8-3-4-11(22-2)10(14)5-8/h3-7,12,16H,1-2H3,(H,18,19). The number of carboxylic acid groups (broad SMARTS) is 1. The van der Waals surface area contributed by atoms with Crippen LogP contribution < -0.4 is 9.46 Å². The predicted molar refractivity (Wildman–Crippen MR) is 76.9 cm³/mol. The van der Waals surface area contributed by atoms with Gasteiger partial charge >= 0.3 is 5.97 Å². The zero-order valence-corrected chi connectivity index (χ0v) is 13.0. The molecule has 0 saturated carbocycles. The molecule has 0 radical (unpaired) electrons. The topological polar surface area (TPSA) is 111 Å². The lowest BCUT2D eigenvalue weighted by atomic mass is 10.1. The molecule has 1 atom stereocenters. The van der Waals surface area contributed by atoms with E-state index in [9.17, 15) is 22.7 Å². The van der Waals surface area contributed by atoms with Gasteiger partial charge in [-0.25, -0.2) is 12.8 Å². The number of carboxylic acids is 1. The first-order valence-electron chi connectivity index (χ1n) is 6.32. The Morgan fingerprint density at radius 2 is 2.17 bits per heavy atom. The van der Waals surface area contributed by atoms with Gasteiger partial charge in [-0.05, 0) is 17.7 Å². The smallest absolute Gasteiger partial charge is 0.326 e. The first-order valence-corrected chi connectivity index (χ1v) is 7.80. The lowest BCUT2D eigenvalue weighted by Crippen LogP contribution is -2.33. The number of nitrogens with one attached hydrogen (secondary N) is 1. The molecule has 8 nitrogen and oxygen atoms in total. The number of hydrogen-bond acceptors (Lipinski definition) is 5. The number of rotatable bonds is 6. The molecule has 2 N–H and O–H groups in total. The second-order valence-electron chi connectivity index (χ2n) is 4.64. The third-order valence-corrected chi connectivity index (χ3v) is 4.40. The molecule has 0 bridgehead atoms. The van der Waals surface area contributed by atoms with Crippen LogP contribution in [0.3, 0.4) is 0 Å². The molecule has 0 aliphatic carbocycles. The summed E-state index contributed by atoms with van der Waals surface area (Å²) in [5.74, 6) is -2.34. The quantitative estimate of drug-likeness (QED) is 0.798. The summed E-state index contributed by atoms with van der Waals surface area (Å²) in [5, 5.41) is 13.0. The minimum Gasteiger partial charge on any atom is -0.494 e. The first-order chi connectivity index (χ1) is 10.7. The van der Waals surface area contributed by atoms with Crippen molar-refractivity contribution in [2.45, 2.75) is 10.9 Å². The van der Waals surface area contributed by atoms with Gasteiger partial charge in [-0.1, -0.05) is 6.07 Å². The van der Waals surface area contributed by atoms with Gasteiger partial charge in [0.05, 0.1) is 13.3 Å². The molecule has 2 aromatic rings. The second-order valence-corrected chi connectivity index (χ2v) is 6.35. The van der Waals surface area contributed by atoms with E-state index in [-0.39, 0.29) is 16.2 Å². The summed E-state index contributed by atoms with van der Waals surface area (Å²) >= 11 is 0. The lowest BCUT2D eigenvalue weighted by molar-refractivity contribution is -0.139. The second kappa shape index (κ2) is 6.34. The highest BCUT2D eigenvalue weighted by molar-refractivity contribution is 7.89. The average Bonchev–Trinajstić information content (AvgIpc) is 2.92. The van der Waals surface area contributed by atoms with Crippen LogP contribution in [0.15, 0.2) is 35.5 Å². The van der Waals surface area contributed by atoms with Gasteiger partial charge in [0.25, 0.3) is 0 Å². The molecule has 0 saturated heterocycles. The Bertz CT molecular complexity index is 834. The number of aryl methyl sites for hydroxylation is 1. The third-order valence-electron chi connectivity index (χ3n) is 3.02. The molecule has 0 fully saturated rings. The van der Waals surface area contributed by atoms with Crippen LogP contribution in [0.5, 0.6) is 5.75 Å². The fourth-order valence-corrected chi connectivity index (χ4v) is 3.04. The summed E-state index contributed by atoms with van der Waals surface area (Å²) in [6.45, 7) is 0. The number of hydrogen-bond donors (Lipinski definition) is 2. The SMILES string of the molecule is COc1ccc(C(NS(=O)(=O)c2cnn(C)c2)C(=O)O)cc1F. The van der Waals surface area contributed by atoms with Crippen LogP contribution in [0.1, 0.15) is 11.6 Å². The van der Waals surface area contributed by atoms with Crippen LogP contribution in [0, 0.1) is 5.82 Å². The molecular formula is C13H14FN3O5S. The summed E-state index contributed by atoms with van der Waals surface area (Å²) < 4.78 is 46.1. The highest BCUT2D eigenvalue weighted by Gasteiger charge is 2.28. The fraction of sp³-hybridized carbons (Fsp3) is 0.231. The Hall–Kier alpha value is -2.46. The Labute approximate surface area is 131 Å². The summed E-state index contributed by atoms with van der Waals surface area (Å²) in [6.07, 6.45) is 2.30. The maximum atomic E-state index is 13.7. The Morgan fingerprint density at radius 3 is 2.65 bits per heavy atom. The van der Waals surface area contributed by atoms with Gasteiger partial charge in [0.1, 0.15) is 10.9 Å². The van der Waals surface area contributed by atoms with E-state index in [1.54, 1.807) is 0 Å². The molecule has 0 spiro atoms. The number of sulfonamides is 1. The first kappa shape index (κ1) is 16.9. The fourth-order valence-electron chi connectivity index (χ4n) is 1.88. The molecular weight excluding hydrogens is 329 g/mol. The number of aliphatic carboxylic acids is 1. The molecule has 2 rings (SSSR count). The van der Waals surface area contributed by atoms with Gasteiger partial charge in [-0.3, -0.25) is 9.48 Å². The number of ether oxygens (including phenoxy) is 1. The Balaban J connectivity index is 2.36. The normalized spacial score (nSPS) is 12.8. The van der Waals surface area contributed by atoms with Crippen molar-refractivity contribution in [3.05, 3.63) is 42.0 Å². The minimum absolute atomic E-state index is 0.0664. The number of benzene rings is 1. The van der Waals surface area contributed by atoms with Crippen LogP contribution in [0.4, 0.5) is 4.39 Å². The van der Waals surface area contributed by atoms with Crippen LogP contribution in [-0.4, -0.2) is 36.4 Å². The van der Waals surface area contributed by atoms with E-state index in [1.807, 2.05) is 4.72 Å². The van der Waals surface area contributed by atoms with Crippen molar-refractivity contribution in [2.24, 2.45) is 7.05 Å². The van der Waals surface area contributed by atoms with E-state index in [1.165, 1.54) is 37.2 Å². The van der Waals surface area contributed by atoms with Crippen LogP contribution >= 0.6 is 0 Å². The summed E-state index contributed by atoms with van der Waals surface area (Å²) in [4.78, 5) is 11.2. The number of aromatic nitrogens is 2. The van der Waals surface area contributed by atoms with E-state index in [0.29, 0.717) is 0 Å². The lowest BCUT2D eigenvalue weighted by Gasteiger charge is -2.15. The zero-order valence-electron chi connectivity index (χ0n) is 12.2. The van der Waals surface area contributed by atoms with Crippen LogP contribution in [-0.2, 0) is 21.9 Å². The maximum absolute atomic E-state index is 13.7. The number of carbonyl (C=O) groups is 1. The molecule has 1 aromatic heterocycles. The molecule has 124 valence electrons. The molecule has 1 unspecified atom stereocenters. The van der Waals surface area contributed by atoms with Crippen molar-refractivity contribution >= 4 is 16.0 Å². The van der Waals surface area contributed by atoms with Crippen molar-refractivity contribution in [1.29, 1.82) is 0 Å². The molecule has 0 aliphatic heterocycles. The van der Waals surface area contributed by atoms with E-state index < -0.39 is 27.9 Å².